The number of fused-ring (bicyclic) bond motifs is 1. The molecule has 52 valence electrons. The molecule has 2 heterocycles. The first-order chi connectivity index (χ1) is 4.77. The highest BCUT2D eigenvalue weighted by atomic mass is 15.3. The van der Waals surface area contributed by atoms with E-state index in [9.17, 15) is 0 Å². The van der Waals surface area contributed by atoms with Gasteiger partial charge in [0, 0.05) is 25.7 Å². The van der Waals surface area contributed by atoms with Crippen LogP contribution in [0.1, 0.15) is 11.3 Å². The fourth-order valence-electron chi connectivity index (χ4n) is 1.45. The minimum Gasteiger partial charge on any atom is -0.340 e. The molecule has 0 fully saturated rings. The van der Waals surface area contributed by atoms with Gasteiger partial charge in [0.25, 0.3) is 0 Å². The molecule has 0 bridgehead atoms. The summed E-state index contributed by atoms with van der Waals surface area (Å²) in [4.78, 5) is 2.28. The average Bonchev–Trinajstić information content (AvgIpc) is 2.35. The molecular weight excluding hydrogens is 125 g/mol. The van der Waals surface area contributed by atoms with Crippen molar-refractivity contribution in [2.75, 3.05) is 0 Å². The van der Waals surface area contributed by atoms with Crippen LogP contribution < -0.4 is 0 Å². The lowest BCUT2D eigenvalue weighted by molar-refractivity contribution is 0.470. The van der Waals surface area contributed by atoms with E-state index < -0.39 is 0 Å². The largest absolute Gasteiger partial charge is 0.340 e. The summed E-state index contributed by atoms with van der Waals surface area (Å²) in [5.41, 5.74) is 2.74. The third-order valence-corrected chi connectivity index (χ3v) is 2.01. The molecule has 2 rings (SSSR count). The van der Waals surface area contributed by atoms with Gasteiger partial charge in [0.15, 0.2) is 7.98 Å². The number of rotatable bonds is 0. The summed E-state index contributed by atoms with van der Waals surface area (Å²) in [7, 11) is 4.12. The molecule has 10 heavy (non-hydrogen) atoms. The molecule has 0 atom stereocenters. The smallest absolute Gasteiger partial charge is 0.186 e. The number of aromatic nitrogens is 2. The minimum atomic E-state index is 1.05. The second-order valence-electron chi connectivity index (χ2n) is 2.91. The number of nitrogens with zero attached hydrogens (tertiary/aromatic N) is 3. The standard InChI is InChI=1S/C6H10BN3/c1-9-6-4-10(7)3-5(6)2-8-9/h2H,3-4,7H2,1H3. The topological polar surface area (TPSA) is 21.1 Å². The van der Waals surface area contributed by atoms with Gasteiger partial charge in [-0.3, -0.25) is 4.68 Å². The van der Waals surface area contributed by atoms with Crippen molar-refractivity contribution in [1.29, 1.82) is 0 Å². The van der Waals surface area contributed by atoms with E-state index in [1.165, 1.54) is 11.3 Å². The van der Waals surface area contributed by atoms with E-state index in [1.54, 1.807) is 0 Å². The molecule has 4 heteroatoms. The van der Waals surface area contributed by atoms with Crippen LogP contribution in [0.2, 0.25) is 0 Å². The Morgan fingerprint density at radius 2 is 2.40 bits per heavy atom. The third-order valence-electron chi connectivity index (χ3n) is 2.01. The molecule has 0 aliphatic carbocycles. The van der Waals surface area contributed by atoms with Gasteiger partial charge in [-0.25, -0.2) is 0 Å². The fourth-order valence-corrected chi connectivity index (χ4v) is 1.45. The van der Waals surface area contributed by atoms with Crippen LogP contribution in [0.25, 0.3) is 0 Å². The Bertz CT molecular complexity index is 255. The maximum atomic E-state index is 4.16. The van der Waals surface area contributed by atoms with Crippen molar-refractivity contribution in [2.45, 2.75) is 13.1 Å². The second kappa shape index (κ2) is 1.86. The van der Waals surface area contributed by atoms with E-state index >= 15 is 0 Å². The fraction of sp³-hybridized carbons (Fsp3) is 0.500. The zero-order valence-electron chi connectivity index (χ0n) is 6.33. The van der Waals surface area contributed by atoms with Crippen LogP contribution in [0.3, 0.4) is 0 Å². The molecule has 0 N–H and O–H groups in total. The monoisotopic (exact) mass is 135 g/mol. The Balaban J connectivity index is 2.44. The summed E-state index contributed by atoms with van der Waals surface area (Å²) >= 11 is 0. The summed E-state index contributed by atoms with van der Waals surface area (Å²) < 4.78 is 1.96. The first kappa shape index (κ1) is 5.98. The highest BCUT2D eigenvalue weighted by molar-refractivity contribution is 6.04. The lowest BCUT2D eigenvalue weighted by Gasteiger charge is -2.05. The molecule has 0 amide bonds. The summed E-state index contributed by atoms with van der Waals surface area (Å²) in [6, 6.07) is 0. The molecule has 0 radical (unpaired) electrons. The van der Waals surface area contributed by atoms with Gasteiger partial charge in [0.2, 0.25) is 0 Å². The van der Waals surface area contributed by atoms with E-state index in [0.29, 0.717) is 0 Å². The lowest BCUT2D eigenvalue weighted by atomic mass is 10.3. The summed E-state index contributed by atoms with van der Waals surface area (Å²) in [5.74, 6) is 0. The Morgan fingerprint density at radius 3 is 3.10 bits per heavy atom. The van der Waals surface area contributed by atoms with Crippen LogP contribution in [-0.2, 0) is 20.1 Å². The third kappa shape index (κ3) is 0.687. The average molecular weight is 135 g/mol. The number of hydrogen-bond acceptors (Lipinski definition) is 2. The molecule has 1 aliphatic rings. The van der Waals surface area contributed by atoms with E-state index in [-0.39, 0.29) is 0 Å². The van der Waals surface area contributed by atoms with Crippen LogP contribution in [0.5, 0.6) is 0 Å². The van der Waals surface area contributed by atoms with Gasteiger partial charge in [0.05, 0.1) is 11.9 Å². The van der Waals surface area contributed by atoms with Crippen molar-refractivity contribution in [3.63, 3.8) is 0 Å². The normalized spacial score (nSPS) is 17.7. The highest BCUT2D eigenvalue weighted by Gasteiger charge is 2.18. The van der Waals surface area contributed by atoms with Gasteiger partial charge in [-0.2, -0.15) is 5.10 Å². The van der Waals surface area contributed by atoms with Gasteiger partial charge in [0.1, 0.15) is 0 Å². The predicted molar refractivity (Wildman–Crippen MR) is 41.0 cm³/mol. The van der Waals surface area contributed by atoms with Crippen LogP contribution >= 0.6 is 0 Å². The van der Waals surface area contributed by atoms with Crippen LogP contribution in [0.15, 0.2) is 6.20 Å². The molecule has 3 nitrogen and oxygen atoms in total. The molecule has 0 unspecified atom stereocenters. The molecule has 0 saturated heterocycles. The van der Waals surface area contributed by atoms with Crippen LogP contribution in [-0.4, -0.2) is 22.6 Å². The lowest BCUT2D eigenvalue weighted by Crippen LogP contribution is -2.12. The van der Waals surface area contributed by atoms with Gasteiger partial charge in [-0.15, -0.1) is 0 Å². The van der Waals surface area contributed by atoms with Gasteiger partial charge in [-0.05, 0) is 0 Å². The van der Waals surface area contributed by atoms with Crippen molar-refractivity contribution < 1.29 is 0 Å². The van der Waals surface area contributed by atoms with E-state index in [2.05, 4.69) is 17.9 Å². The predicted octanol–water partition coefficient (Wildman–Crippen LogP) is -0.716. The second-order valence-corrected chi connectivity index (χ2v) is 2.91. The first-order valence-electron chi connectivity index (χ1n) is 3.45. The first-order valence-corrected chi connectivity index (χ1v) is 3.45. The molecule has 0 spiro atoms. The highest BCUT2D eigenvalue weighted by Crippen LogP contribution is 2.18. The molecular formula is C6H10BN3. The molecule has 1 aromatic rings. The summed E-state index contributed by atoms with van der Waals surface area (Å²) in [6.45, 7) is 2.11. The van der Waals surface area contributed by atoms with Crippen molar-refractivity contribution in [3.8, 4) is 0 Å². The Morgan fingerprint density at radius 1 is 1.60 bits per heavy atom. The van der Waals surface area contributed by atoms with Gasteiger partial charge < -0.3 is 4.81 Å². The van der Waals surface area contributed by atoms with Crippen LogP contribution in [0, 0.1) is 0 Å². The Hall–Kier alpha value is -0.765. The maximum absolute atomic E-state index is 4.16. The van der Waals surface area contributed by atoms with E-state index in [1.807, 2.05) is 17.9 Å². The maximum Gasteiger partial charge on any atom is 0.186 e. The molecule has 1 aliphatic heterocycles. The van der Waals surface area contributed by atoms with Crippen molar-refractivity contribution >= 4 is 7.98 Å². The Kier molecular flexibility index (Phi) is 1.11. The summed E-state index contributed by atoms with van der Waals surface area (Å²) in [6.07, 6.45) is 1.96. The van der Waals surface area contributed by atoms with Gasteiger partial charge in [-0.1, -0.05) is 0 Å². The molecule has 0 saturated carbocycles. The quantitative estimate of drug-likeness (QED) is 0.438. The van der Waals surface area contributed by atoms with Crippen LogP contribution in [0.4, 0.5) is 0 Å². The summed E-state index contributed by atoms with van der Waals surface area (Å²) in [5, 5.41) is 4.16. The van der Waals surface area contributed by atoms with Crippen molar-refractivity contribution in [2.24, 2.45) is 7.05 Å². The SMILES string of the molecule is BN1Cc2cnn(C)c2C1. The van der Waals surface area contributed by atoms with E-state index in [4.69, 9.17) is 0 Å². The Labute approximate surface area is 61.1 Å². The van der Waals surface area contributed by atoms with E-state index in [0.717, 1.165) is 13.1 Å². The zero-order valence-corrected chi connectivity index (χ0v) is 6.33. The minimum absolute atomic E-state index is 1.05. The zero-order chi connectivity index (χ0) is 7.14. The van der Waals surface area contributed by atoms with Crippen molar-refractivity contribution in [1.82, 2.24) is 14.6 Å². The molecule has 1 aromatic heterocycles. The van der Waals surface area contributed by atoms with Crippen molar-refractivity contribution in [3.05, 3.63) is 17.5 Å². The number of aryl methyl sites for hydroxylation is 1. The molecule has 0 aromatic carbocycles. The van der Waals surface area contributed by atoms with Gasteiger partial charge >= 0.3 is 0 Å². The number of hydrogen-bond donors (Lipinski definition) is 0.